The molecule has 1 N–H and O–H groups in total. The number of hydrogen-bond acceptors (Lipinski definition) is 5. The van der Waals surface area contributed by atoms with Crippen LogP contribution < -0.4 is 10.2 Å². The molecule has 6 nitrogen and oxygen atoms in total. The van der Waals surface area contributed by atoms with Crippen LogP contribution in [0.2, 0.25) is 0 Å². The Morgan fingerprint density at radius 3 is 2.67 bits per heavy atom. The van der Waals surface area contributed by atoms with Gasteiger partial charge in [-0.2, -0.15) is 0 Å². The Balaban J connectivity index is 1.92. The lowest BCUT2D eigenvalue weighted by molar-refractivity contribution is 0.0936. The minimum atomic E-state index is -0.167. The molecule has 18 heavy (non-hydrogen) atoms. The second-order valence-corrected chi connectivity index (χ2v) is 4.21. The smallest absolute Gasteiger partial charge is 0.254 e. The number of anilines is 1. The number of carbonyl (C=O) groups excluding carboxylic acids is 1. The Kier molecular flexibility index (Phi) is 4.46. The van der Waals surface area contributed by atoms with E-state index in [1.54, 1.807) is 19.5 Å². The summed E-state index contributed by atoms with van der Waals surface area (Å²) in [5.74, 6) is 0.543. The third-order valence-corrected chi connectivity index (χ3v) is 2.88. The van der Waals surface area contributed by atoms with Crippen LogP contribution in [0.15, 0.2) is 12.4 Å². The van der Waals surface area contributed by atoms with Crippen LogP contribution in [0.25, 0.3) is 0 Å². The first kappa shape index (κ1) is 12.8. The zero-order valence-corrected chi connectivity index (χ0v) is 10.6. The second kappa shape index (κ2) is 6.30. The molecule has 1 saturated heterocycles. The van der Waals surface area contributed by atoms with Crippen LogP contribution >= 0.6 is 0 Å². The summed E-state index contributed by atoms with van der Waals surface area (Å²) in [6.45, 7) is 2.99. The van der Waals surface area contributed by atoms with Gasteiger partial charge in [0.15, 0.2) is 0 Å². The maximum absolute atomic E-state index is 11.7. The third-order valence-electron chi connectivity index (χ3n) is 2.88. The predicted molar refractivity (Wildman–Crippen MR) is 67.7 cm³/mol. The van der Waals surface area contributed by atoms with Crippen molar-refractivity contribution in [2.75, 3.05) is 38.3 Å². The van der Waals surface area contributed by atoms with Crippen LogP contribution in [0.5, 0.6) is 0 Å². The molecule has 0 atom stereocenters. The first-order valence-electron chi connectivity index (χ1n) is 6.15. The molecule has 0 spiro atoms. The lowest BCUT2D eigenvalue weighted by Gasteiger charge is -2.14. The van der Waals surface area contributed by atoms with Gasteiger partial charge < -0.3 is 15.0 Å². The molecule has 2 rings (SSSR count). The maximum atomic E-state index is 11.7. The van der Waals surface area contributed by atoms with E-state index >= 15 is 0 Å². The summed E-state index contributed by atoms with van der Waals surface area (Å²) < 4.78 is 4.86. The fourth-order valence-corrected chi connectivity index (χ4v) is 1.89. The molecule has 1 fully saturated rings. The third kappa shape index (κ3) is 3.16. The first-order chi connectivity index (χ1) is 8.81. The summed E-state index contributed by atoms with van der Waals surface area (Å²) in [4.78, 5) is 22.3. The average molecular weight is 250 g/mol. The molecule has 1 amide bonds. The Morgan fingerprint density at radius 1 is 1.39 bits per heavy atom. The number of hydrogen-bond donors (Lipinski definition) is 1. The number of carbonyl (C=O) groups is 1. The average Bonchev–Trinajstić information content (AvgIpc) is 2.93. The number of amides is 1. The summed E-state index contributed by atoms with van der Waals surface area (Å²) in [7, 11) is 1.60. The van der Waals surface area contributed by atoms with Gasteiger partial charge in [0, 0.05) is 39.1 Å². The first-order valence-corrected chi connectivity index (χ1v) is 6.15. The predicted octanol–water partition coefficient (Wildman–Crippen LogP) is 0.453. The standard InChI is InChI=1S/C12H18N4O2/c1-18-7-4-13-11(17)10-8-14-12(15-9-10)16-5-2-3-6-16/h8-9H,2-7H2,1H3,(H,13,17). The van der Waals surface area contributed by atoms with Gasteiger partial charge in [-0.05, 0) is 12.8 Å². The van der Waals surface area contributed by atoms with Gasteiger partial charge in [0.25, 0.3) is 5.91 Å². The van der Waals surface area contributed by atoms with Crippen molar-refractivity contribution in [3.8, 4) is 0 Å². The number of nitrogens with one attached hydrogen (secondary N) is 1. The van der Waals surface area contributed by atoms with Crippen molar-refractivity contribution < 1.29 is 9.53 Å². The lowest BCUT2D eigenvalue weighted by atomic mass is 10.3. The van der Waals surface area contributed by atoms with E-state index in [-0.39, 0.29) is 5.91 Å². The molecule has 6 heteroatoms. The largest absolute Gasteiger partial charge is 0.383 e. The van der Waals surface area contributed by atoms with E-state index in [9.17, 15) is 4.79 Å². The van der Waals surface area contributed by atoms with Crippen molar-refractivity contribution in [3.63, 3.8) is 0 Å². The summed E-state index contributed by atoms with van der Waals surface area (Å²) >= 11 is 0. The molecule has 0 aromatic carbocycles. The molecule has 0 saturated carbocycles. The van der Waals surface area contributed by atoms with Gasteiger partial charge in [-0.15, -0.1) is 0 Å². The van der Waals surface area contributed by atoms with Crippen molar-refractivity contribution in [2.24, 2.45) is 0 Å². The zero-order valence-electron chi connectivity index (χ0n) is 10.6. The van der Waals surface area contributed by atoms with Crippen molar-refractivity contribution in [1.29, 1.82) is 0 Å². The highest BCUT2D eigenvalue weighted by Gasteiger charge is 2.15. The van der Waals surface area contributed by atoms with Gasteiger partial charge in [-0.25, -0.2) is 9.97 Å². The van der Waals surface area contributed by atoms with E-state index in [0.29, 0.717) is 24.7 Å². The summed E-state index contributed by atoms with van der Waals surface area (Å²) in [5, 5.41) is 2.73. The van der Waals surface area contributed by atoms with Crippen molar-refractivity contribution in [1.82, 2.24) is 15.3 Å². The van der Waals surface area contributed by atoms with E-state index in [1.165, 1.54) is 12.8 Å². The number of aromatic nitrogens is 2. The molecular formula is C12H18N4O2. The van der Waals surface area contributed by atoms with Gasteiger partial charge in [-0.3, -0.25) is 4.79 Å². The lowest BCUT2D eigenvalue weighted by Crippen LogP contribution is -2.27. The quantitative estimate of drug-likeness (QED) is 0.769. The highest BCUT2D eigenvalue weighted by molar-refractivity contribution is 5.93. The molecule has 0 radical (unpaired) electrons. The molecule has 1 aromatic rings. The van der Waals surface area contributed by atoms with Crippen LogP contribution in [0, 0.1) is 0 Å². The van der Waals surface area contributed by atoms with Gasteiger partial charge >= 0.3 is 0 Å². The molecular weight excluding hydrogens is 232 g/mol. The van der Waals surface area contributed by atoms with Crippen LogP contribution in [-0.2, 0) is 4.74 Å². The molecule has 1 aromatic heterocycles. The summed E-state index contributed by atoms with van der Waals surface area (Å²) in [5.41, 5.74) is 0.481. The maximum Gasteiger partial charge on any atom is 0.254 e. The van der Waals surface area contributed by atoms with Crippen LogP contribution in [0.3, 0.4) is 0 Å². The molecule has 0 aliphatic carbocycles. The fourth-order valence-electron chi connectivity index (χ4n) is 1.89. The van der Waals surface area contributed by atoms with Crippen molar-refractivity contribution in [3.05, 3.63) is 18.0 Å². The minimum Gasteiger partial charge on any atom is -0.383 e. The Bertz CT molecular complexity index is 388. The molecule has 2 heterocycles. The van der Waals surface area contributed by atoms with Gasteiger partial charge in [0.2, 0.25) is 5.95 Å². The highest BCUT2D eigenvalue weighted by Crippen LogP contribution is 2.14. The van der Waals surface area contributed by atoms with E-state index in [4.69, 9.17) is 4.74 Å². The van der Waals surface area contributed by atoms with Crippen LogP contribution in [-0.4, -0.2) is 49.2 Å². The molecule has 0 unspecified atom stereocenters. The number of nitrogens with zero attached hydrogens (tertiary/aromatic N) is 3. The molecule has 1 aliphatic heterocycles. The highest BCUT2D eigenvalue weighted by atomic mass is 16.5. The Labute approximate surface area is 106 Å². The second-order valence-electron chi connectivity index (χ2n) is 4.21. The van der Waals surface area contributed by atoms with Crippen LogP contribution in [0.4, 0.5) is 5.95 Å². The van der Waals surface area contributed by atoms with Crippen molar-refractivity contribution >= 4 is 11.9 Å². The fraction of sp³-hybridized carbons (Fsp3) is 0.583. The van der Waals surface area contributed by atoms with Crippen LogP contribution in [0.1, 0.15) is 23.2 Å². The molecule has 98 valence electrons. The van der Waals surface area contributed by atoms with E-state index in [1.807, 2.05) is 0 Å². The zero-order chi connectivity index (χ0) is 12.8. The Morgan fingerprint density at radius 2 is 2.06 bits per heavy atom. The SMILES string of the molecule is COCCNC(=O)c1cnc(N2CCCC2)nc1. The molecule has 0 bridgehead atoms. The monoisotopic (exact) mass is 250 g/mol. The van der Waals surface area contributed by atoms with E-state index in [2.05, 4.69) is 20.2 Å². The van der Waals surface area contributed by atoms with E-state index in [0.717, 1.165) is 13.1 Å². The summed E-state index contributed by atoms with van der Waals surface area (Å²) in [6, 6.07) is 0. The minimum absolute atomic E-state index is 0.167. The van der Waals surface area contributed by atoms with Crippen molar-refractivity contribution in [2.45, 2.75) is 12.8 Å². The van der Waals surface area contributed by atoms with Gasteiger partial charge in [0.1, 0.15) is 0 Å². The van der Waals surface area contributed by atoms with Gasteiger partial charge in [-0.1, -0.05) is 0 Å². The van der Waals surface area contributed by atoms with Gasteiger partial charge in [0.05, 0.1) is 12.2 Å². The topological polar surface area (TPSA) is 67.3 Å². The van der Waals surface area contributed by atoms with E-state index < -0.39 is 0 Å². The molecule has 1 aliphatic rings. The number of methoxy groups -OCH3 is 1. The summed E-state index contributed by atoms with van der Waals surface area (Å²) in [6.07, 6.45) is 5.51. The number of rotatable bonds is 5. The normalized spacial score (nSPS) is 14.8. The Hall–Kier alpha value is -1.69. The number of ether oxygens (including phenoxy) is 1.